The predicted octanol–water partition coefficient (Wildman–Crippen LogP) is 1.45. The molecule has 0 spiro atoms. The maximum absolute atomic E-state index is 10.5. The van der Waals surface area contributed by atoms with Crippen LogP contribution < -0.4 is 0 Å². The first-order chi connectivity index (χ1) is 5.52. The van der Waals surface area contributed by atoms with Crippen LogP contribution in [0.2, 0.25) is 5.15 Å². The van der Waals surface area contributed by atoms with Crippen LogP contribution in [-0.4, -0.2) is 21.2 Å². The highest BCUT2D eigenvalue weighted by Crippen LogP contribution is 2.20. The van der Waals surface area contributed by atoms with Crippen molar-refractivity contribution >= 4 is 17.6 Å². The number of pyridine rings is 1. The number of rotatable bonds is 1. The molecule has 0 unspecified atom stereocenters. The van der Waals surface area contributed by atoms with Gasteiger partial charge in [0.2, 0.25) is 5.88 Å². The molecular formula is C7H6ClNO3. The molecule has 1 aromatic heterocycles. The number of nitrogens with zero attached hydrogens (tertiary/aromatic N) is 1. The zero-order chi connectivity index (χ0) is 9.30. The van der Waals surface area contributed by atoms with E-state index in [1.165, 1.54) is 6.07 Å². The van der Waals surface area contributed by atoms with E-state index in [4.69, 9.17) is 21.8 Å². The van der Waals surface area contributed by atoms with Gasteiger partial charge in [-0.25, -0.2) is 9.78 Å². The Labute approximate surface area is 73.4 Å². The zero-order valence-electron chi connectivity index (χ0n) is 6.21. The van der Waals surface area contributed by atoms with Crippen molar-refractivity contribution in [3.05, 3.63) is 22.3 Å². The molecule has 12 heavy (non-hydrogen) atoms. The van der Waals surface area contributed by atoms with Crippen molar-refractivity contribution in [3.63, 3.8) is 0 Å². The van der Waals surface area contributed by atoms with E-state index in [9.17, 15) is 4.79 Å². The van der Waals surface area contributed by atoms with Gasteiger partial charge in [-0.05, 0) is 13.0 Å². The third kappa shape index (κ3) is 1.48. The van der Waals surface area contributed by atoms with Gasteiger partial charge < -0.3 is 10.2 Å². The smallest absolute Gasteiger partial charge is 0.338 e. The molecular weight excluding hydrogens is 182 g/mol. The van der Waals surface area contributed by atoms with Gasteiger partial charge in [0.1, 0.15) is 5.15 Å². The number of aryl methyl sites for hydroxylation is 1. The molecule has 1 rings (SSSR count). The standard InChI is InChI=1S/C7H6ClNO3/c1-3-2-4(7(11)12)5(8)9-6(3)10/h2H,1H3,(H,9,10)(H,11,12). The maximum Gasteiger partial charge on any atom is 0.338 e. The summed E-state index contributed by atoms with van der Waals surface area (Å²) in [5.41, 5.74) is 0.281. The summed E-state index contributed by atoms with van der Waals surface area (Å²) in [5.74, 6) is -1.40. The van der Waals surface area contributed by atoms with Crippen molar-refractivity contribution in [1.82, 2.24) is 4.98 Å². The monoisotopic (exact) mass is 187 g/mol. The van der Waals surface area contributed by atoms with E-state index in [2.05, 4.69) is 4.98 Å². The first kappa shape index (κ1) is 8.80. The molecule has 0 aliphatic heterocycles. The summed E-state index contributed by atoms with van der Waals surface area (Å²) in [4.78, 5) is 13.9. The van der Waals surface area contributed by atoms with Crippen LogP contribution in [0.4, 0.5) is 0 Å². The van der Waals surface area contributed by atoms with E-state index < -0.39 is 5.97 Å². The molecule has 0 saturated heterocycles. The van der Waals surface area contributed by atoms with Crippen molar-refractivity contribution < 1.29 is 15.0 Å². The average Bonchev–Trinajstić information content (AvgIpc) is 1.96. The number of aromatic carboxylic acids is 1. The van der Waals surface area contributed by atoms with E-state index in [1.54, 1.807) is 6.92 Å². The number of hydrogen-bond donors (Lipinski definition) is 2. The summed E-state index contributed by atoms with van der Waals surface area (Å²) in [6, 6.07) is 1.27. The molecule has 1 heterocycles. The molecule has 0 amide bonds. The van der Waals surface area contributed by atoms with Crippen LogP contribution in [-0.2, 0) is 0 Å². The highest BCUT2D eigenvalue weighted by molar-refractivity contribution is 6.32. The van der Waals surface area contributed by atoms with Crippen LogP contribution in [0.3, 0.4) is 0 Å². The lowest BCUT2D eigenvalue weighted by molar-refractivity contribution is 0.0696. The van der Waals surface area contributed by atoms with Crippen LogP contribution in [0.15, 0.2) is 6.07 Å². The fourth-order valence-corrected chi connectivity index (χ4v) is 0.947. The Hall–Kier alpha value is -1.29. The largest absolute Gasteiger partial charge is 0.493 e. The number of carboxylic acids is 1. The first-order valence-electron chi connectivity index (χ1n) is 3.11. The molecule has 0 atom stereocenters. The number of aromatic nitrogens is 1. The highest BCUT2D eigenvalue weighted by atomic mass is 35.5. The summed E-state index contributed by atoms with van der Waals surface area (Å²) in [6.45, 7) is 1.55. The summed E-state index contributed by atoms with van der Waals surface area (Å²) in [7, 11) is 0. The van der Waals surface area contributed by atoms with Gasteiger partial charge in [0.25, 0.3) is 0 Å². The van der Waals surface area contributed by atoms with Crippen LogP contribution in [0.1, 0.15) is 15.9 Å². The second kappa shape index (κ2) is 2.98. The van der Waals surface area contributed by atoms with Crippen LogP contribution in [0.5, 0.6) is 5.88 Å². The number of carboxylic acid groups (broad SMARTS) is 1. The molecule has 0 aliphatic carbocycles. The maximum atomic E-state index is 10.5. The molecule has 4 nitrogen and oxygen atoms in total. The Kier molecular flexibility index (Phi) is 2.19. The number of hydrogen-bond acceptors (Lipinski definition) is 3. The molecule has 0 aromatic carbocycles. The van der Waals surface area contributed by atoms with E-state index >= 15 is 0 Å². The molecule has 5 heteroatoms. The molecule has 0 aliphatic rings. The molecule has 0 bridgehead atoms. The van der Waals surface area contributed by atoms with Gasteiger partial charge in [-0.2, -0.15) is 0 Å². The minimum absolute atomic E-state index is 0.105. The molecule has 0 radical (unpaired) electrons. The summed E-state index contributed by atoms with van der Waals surface area (Å²) in [6.07, 6.45) is 0. The molecule has 64 valence electrons. The SMILES string of the molecule is Cc1cc(C(=O)O)c(Cl)nc1O. The second-order valence-corrected chi connectivity index (χ2v) is 2.63. The number of halogens is 1. The summed E-state index contributed by atoms with van der Waals surface area (Å²) >= 11 is 5.44. The van der Waals surface area contributed by atoms with E-state index in [1.807, 2.05) is 0 Å². The summed E-state index contributed by atoms with van der Waals surface area (Å²) < 4.78 is 0. The fraction of sp³-hybridized carbons (Fsp3) is 0.143. The number of carbonyl (C=O) groups is 1. The molecule has 1 aromatic rings. The third-order valence-electron chi connectivity index (χ3n) is 1.37. The lowest BCUT2D eigenvalue weighted by Crippen LogP contribution is -1.99. The van der Waals surface area contributed by atoms with Gasteiger partial charge >= 0.3 is 5.97 Å². The Balaban J connectivity index is 3.33. The quantitative estimate of drug-likeness (QED) is 0.653. The summed E-state index contributed by atoms with van der Waals surface area (Å²) in [5, 5.41) is 17.4. The normalized spacial score (nSPS) is 9.83. The third-order valence-corrected chi connectivity index (χ3v) is 1.66. The number of aromatic hydroxyl groups is 1. The van der Waals surface area contributed by atoms with Crippen LogP contribution >= 0.6 is 11.6 Å². The predicted molar refractivity (Wildman–Crippen MR) is 42.6 cm³/mol. The van der Waals surface area contributed by atoms with Gasteiger partial charge in [0.05, 0.1) is 5.56 Å². The molecule has 0 saturated carbocycles. The van der Waals surface area contributed by atoms with E-state index in [0.717, 1.165) is 0 Å². The van der Waals surface area contributed by atoms with Crippen molar-refractivity contribution in [2.45, 2.75) is 6.92 Å². The minimum Gasteiger partial charge on any atom is -0.493 e. The van der Waals surface area contributed by atoms with Crippen molar-refractivity contribution in [3.8, 4) is 5.88 Å². The topological polar surface area (TPSA) is 70.4 Å². The Morgan fingerprint density at radius 1 is 1.67 bits per heavy atom. The van der Waals surface area contributed by atoms with E-state index in [-0.39, 0.29) is 16.6 Å². The fourth-order valence-electron chi connectivity index (χ4n) is 0.732. The second-order valence-electron chi connectivity index (χ2n) is 2.27. The molecule has 0 fully saturated rings. The minimum atomic E-state index is -1.16. The van der Waals surface area contributed by atoms with Crippen molar-refractivity contribution in [1.29, 1.82) is 0 Å². The zero-order valence-corrected chi connectivity index (χ0v) is 6.96. The van der Waals surface area contributed by atoms with E-state index in [0.29, 0.717) is 5.56 Å². The van der Waals surface area contributed by atoms with Gasteiger partial charge in [0, 0.05) is 5.56 Å². The van der Waals surface area contributed by atoms with Gasteiger partial charge in [0.15, 0.2) is 0 Å². The molecule has 2 N–H and O–H groups in total. The Morgan fingerprint density at radius 3 is 2.75 bits per heavy atom. The lowest BCUT2D eigenvalue weighted by atomic mass is 10.2. The lowest BCUT2D eigenvalue weighted by Gasteiger charge is -2.01. The Morgan fingerprint density at radius 2 is 2.25 bits per heavy atom. The van der Waals surface area contributed by atoms with Gasteiger partial charge in [-0.15, -0.1) is 0 Å². The van der Waals surface area contributed by atoms with Crippen molar-refractivity contribution in [2.24, 2.45) is 0 Å². The first-order valence-corrected chi connectivity index (χ1v) is 3.49. The van der Waals surface area contributed by atoms with Gasteiger partial charge in [-0.3, -0.25) is 0 Å². The highest BCUT2D eigenvalue weighted by Gasteiger charge is 2.12. The van der Waals surface area contributed by atoms with Crippen LogP contribution in [0, 0.1) is 6.92 Å². The van der Waals surface area contributed by atoms with Crippen LogP contribution in [0.25, 0.3) is 0 Å². The van der Waals surface area contributed by atoms with Crippen molar-refractivity contribution in [2.75, 3.05) is 0 Å². The average molecular weight is 188 g/mol. The van der Waals surface area contributed by atoms with Gasteiger partial charge in [-0.1, -0.05) is 11.6 Å². The Bertz CT molecular complexity index is 338.